The van der Waals surface area contributed by atoms with Crippen LogP contribution in [0.1, 0.15) is 43.6 Å². The topological polar surface area (TPSA) is 114 Å². The summed E-state index contributed by atoms with van der Waals surface area (Å²) in [6, 6.07) is 5.11. The van der Waals surface area contributed by atoms with Gasteiger partial charge in [-0.2, -0.15) is 0 Å². The van der Waals surface area contributed by atoms with Crippen molar-refractivity contribution in [3.63, 3.8) is 0 Å². The van der Waals surface area contributed by atoms with E-state index in [1.807, 2.05) is 0 Å². The van der Waals surface area contributed by atoms with Crippen LogP contribution in [0.2, 0.25) is 0 Å². The molecule has 2 N–H and O–H groups in total. The Bertz CT molecular complexity index is 1140. The number of anilines is 2. The average molecular weight is 435 g/mol. The van der Waals surface area contributed by atoms with Crippen LogP contribution < -0.4 is 10.0 Å². The summed E-state index contributed by atoms with van der Waals surface area (Å²) in [5, 5.41) is 7.14. The number of nitrogens with one attached hydrogen (secondary N) is 2. The van der Waals surface area contributed by atoms with E-state index >= 15 is 0 Å². The number of aromatic nitrogens is 2. The fraction of sp³-hybridized carbons (Fsp3) is 0.421. The molecule has 0 bridgehead atoms. The Labute approximate surface area is 172 Å². The fourth-order valence-electron chi connectivity index (χ4n) is 3.68. The molecule has 154 valence electrons. The van der Waals surface area contributed by atoms with Gasteiger partial charge < -0.3 is 9.84 Å². The lowest BCUT2D eigenvalue weighted by molar-refractivity contribution is -0.120. The molecule has 3 aromatic rings. The number of carbonyl (C=O) groups is 1. The lowest BCUT2D eigenvalue weighted by Crippen LogP contribution is -2.24. The molecule has 1 fully saturated rings. The second-order valence-corrected chi connectivity index (χ2v) is 9.93. The standard InChI is InChI=1S/C19H22N4O4S2/c1-11-17(12(2)27-22-11)29(25,26)23-14-8-9-16-15(10-14)20-19(28-16)21-18(24)13-6-4-3-5-7-13/h8-10,13,23H,3-7H2,1-2H3,(H,20,21,24). The normalized spacial score (nSPS) is 15.5. The van der Waals surface area contributed by atoms with Crippen molar-refractivity contribution in [3.05, 3.63) is 29.7 Å². The number of fused-ring (bicyclic) bond motifs is 1. The van der Waals surface area contributed by atoms with E-state index in [1.165, 1.54) is 17.8 Å². The molecule has 10 heteroatoms. The zero-order valence-corrected chi connectivity index (χ0v) is 17.8. The number of benzene rings is 1. The summed E-state index contributed by atoms with van der Waals surface area (Å²) in [6.45, 7) is 3.13. The van der Waals surface area contributed by atoms with Crippen molar-refractivity contribution < 1.29 is 17.7 Å². The van der Waals surface area contributed by atoms with Gasteiger partial charge in [-0.25, -0.2) is 13.4 Å². The zero-order chi connectivity index (χ0) is 20.6. The maximum absolute atomic E-state index is 12.7. The molecule has 0 radical (unpaired) electrons. The van der Waals surface area contributed by atoms with Gasteiger partial charge in [-0.05, 0) is 44.9 Å². The first-order valence-electron chi connectivity index (χ1n) is 9.50. The zero-order valence-electron chi connectivity index (χ0n) is 16.2. The van der Waals surface area contributed by atoms with Crippen molar-refractivity contribution in [2.24, 2.45) is 5.92 Å². The van der Waals surface area contributed by atoms with Gasteiger partial charge in [-0.1, -0.05) is 35.8 Å². The molecule has 2 aromatic heterocycles. The van der Waals surface area contributed by atoms with Crippen molar-refractivity contribution in [1.29, 1.82) is 0 Å². The van der Waals surface area contributed by atoms with Gasteiger partial charge in [0, 0.05) is 5.92 Å². The summed E-state index contributed by atoms with van der Waals surface area (Å²) >= 11 is 1.37. The number of amides is 1. The highest BCUT2D eigenvalue weighted by Gasteiger charge is 2.25. The maximum atomic E-state index is 12.7. The molecule has 0 unspecified atom stereocenters. The molecule has 4 rings (SSSR count). The Kier molecular flexibility index (Phi) is 5.30. The molecule has 1 aliphatic rings. The minimum Gasteiger partial charge on any atom is -0.360 e. The number of carbonyl (C=O) groups excluding carboxylic acids is 1. The predicted octanol–water partition coefficient (Wildman–Crippen LogP) is 4.22. The third-order valence-corrected chi connectivity index (χ3v) is 7.66. The summed E-state index contributed by atoms with van der Waals surface area (Å²) in [5.41, 5.74) is 1.30. The van der Waals surface area contributed by atoms with Gasteiger partial charge in [0.2, 0.25) is 5.91 Å². The van der Waals surface area contributed by atoms with Crippen LogP contribution in [0.3, 0.4) is 0 Å². The Morgan fingerprint density at radius 1 is 1.21 bits per heavy atom. The van der Waals surface area contributed by atoms with E-state index in [9.17, 15) is 13.2 Å². The minimum atomic E-state index is -3.83. The molecular formula is C19H22N4O4S2. The van der Waals surface area contributed by atoms with Crippen LogP contribution in [-0.2, 0) is 14.8 Å². The summed E-state index contributed by atoms with van der Waals surface area (Å²) < 4.78 is 33.7. The molecule has 1 aliphatic carbocycles. The van der Waals surface area contributed by atoms with E-state index in [2.05, 4.69) is 20.2 Å². The van der Waals surface area contributed by atoms with Gasteiger partial charge in [-0.3, -0.25) is 9.52 Å². The highest BCUT2D eigenvalue weighted by atomic mass is 32.2. The van der Waals surface area contributed by atoms with Gasteiger partial charge in [0.25, 0.3) is 10.0 Å². The monoisotopic (exact) mass is 434 g/mol. The molecule has 0 aliphatic heterocycles. The van der Waals surface area contributed by atoms with Crippen molar-refractivity contribution in [3.8, 4) is 0 Å². The molecule has 0 atom stereocenters. The van der Waals surface area contributed by atoms with E-state index in [0.717, 1.165) is 30.4 Å². The Hall–Kier alpha value is -2.46. The molecule has 2 heterocycles. The number of hydrogen-bond acceptors (Lipinski definition) is 7. The third kappa shape index (κ3) is 4.13. The van der Waals surface area contributed by atoms with Crippen molar-refractivity contribution in [1.82, 2.24) is 10.1 Å². The lowest BCUT2D eigenvalue weighted by atomic mass is 9.89. The van der Waals surface area contributed by atoms with E-state index in [0.29, 0.717) is 22.0 Å². The van der Waals surface area contributed by atoms with Crippen molar-refractivity contribution >= 4 is 48.3 Å². The molecule has 8 nitrogen and oxygen atoms in total. The van der Waals surface area contributed by atoms with Crippen molar-refractivity contribution in [2.75, 3.05) is 10.0 Å². The predicted molar refractivity (Wildman–Crippen MR) is 112 cm³/mol. The Balaban J connectivity index is 1.53. The van der Waals surface area contributed by atoms with Crippen LogP contribution in [-0.4, -0.2) is 24.5 Å². The first-order chi connectivity index (χ1) is 13.8. The second-order valence-electron chi connectivity index (χ2n) is 7.28. The number of aryl methyl sites for hydroxylation is 2. The Morgan fingerprint density at radius 2 is 1.97 bits per heavy atom. The summed E-state index contributed by atoms with van der Waals surface area (Å²) in [4.78, 5) is 16.9. The summed E-state index contributed by atoms with van der Waals surface area (Å²) in [7, 11) is -3.83. The van der Waals surface area contributed by atoms with Crippen LogP contribution in [0.5, 0.6) is 0 Å². The SMILES string of the molecule is Cc1noc(C)c1S(=O)(=O)Nc1ccc2sc(NC(=O)C3CCCCC3)nc2c1. The van der Waals surface area contributed by atoms with Crippen LogP contribution in [0.15, 0.2) is 27.6 Å². The second kappa shape index (κ2) is 7.75. The number of sulfonamides is 1. The van der Waals surface area contributed by atoms with Crippen LogP contribution in [0.25, 0.3) is 10.2 Å². The first-order valence-corrected chi connectivity index (χ1v) is 11.8. The fourth-order valence-corrected chi connectivity index (χ4v) is 5.91. The van der Waals surface area contributed by atoms with Crippen molar-refractivity contribution in [2.45, 2.75) is 50.8 Å². The maximum Gasteiger partial charge on any atom is 0.267 e. The largest absolute Gasteiger partial charge is 0.360 e. The first kappa shape index (κ1) is 19.8. The molecule has 0 spiro atoms. The van der Waals surface area contributed by atoms with Gasteiger partial charge in [0.05, 0.1) is 15.9 Å². The molecule has 1 saturated carbocycles. The molecule has 0 saturated heterocycles. The summed E-state index contributed by atoms with van der Waals surface area (Å²) in [5.74, 6) is 0.300. The van der Waals surface area contributed by atoms with E-state index in [1.54, 1.807) is 32.0 Å². The van der Waals surface area contributed by atoms with Crippen LogP contribution >= 0.6 is 11.3 Å². The van der Waals surface area contributed by atoms with Gasteiger partial charge in [0.1, 0.15) is 5.69 Å². The van der Waals surface area contributed by atoms with E-state index in [4.69, 9.17) is 4.52 Å². The van der Waals surface area contributed by atoms with E-state index in [-0.39, 0.29) is 22.5 Å². The number of hydrogen-bond donors (Lipinski definition) is 2. The van der Waals surface area contributed by atoms with E-state index < -0.39 is 10.0 Å². The van der Waals surface area contributed by atoms with Crippen LogP contribution in [0.4, 0.5) is 10.8 Å². The molecule has 29 heavy (non-hydrogen) atoms. The van der Waals surface area contributed by atoms with Gasteiger partial charge >= 0.3 is 0 Å². The number of nitrogens with zero attached hydrogens (tertiary/aromatic N) is 2. The smallest absolute Gasteiger partial charge is 0.267 e. The number of rotatable bonds is 5. The highest BCUT2D eigenvalue weighted by molar-refractivity contribution is 7.92. The van der Waals surface area contributed by atoms with Gasteiger partial charge in [0.15, 0.2) is 15.8 Å². The number of thiazole rings is 1. The average Bonchev–Trinajstić information content (AvgIpc) is 3.24. The lowest BCUT2D eigenvalue weighted by Gasteiger charge is -2.19. The van der Waals surface area contributed by atoms with Gasteiger partial charge in [-0.15, -0.1) is 0 Å². The quantitative estimate of drug-likeness (QED) is 0.621. The molecule has 1 aromatic carbocycles. The molecule has 1 amide bonds. The van der Waals surface area contributed by atoms with Crippen LogP contribution in [0, 0.1) is 19.8 Å². The summed E-state index contributed by atoms with van der Waals surface area (Å²) in [6.07, 6.45) is 5.21. The third-order valence-electron chi connectivity index (χ3n) is 5.08. The minimum absolute atomic E-state index is 0.0168. The molecular weight excluding hydrogens is 412 g/mol. The highest BCUT2D eigenvalue weighted by Crippen LogP contribution is 2.31. The Morgan fingerprint density at radius 3 is 2.66 bits per heavy atom.